The number of hydrogen-bond acceptors (Lipinski definition) is 1. The number of hydrogen-bond donors (Lipinski definition) is 0. The molecule has 0 N–H and O–H groups in total. The molecule has 0 saturated carbocycles. The van der Waals surface area contributed by atoms with Gasteiger partial charge in [-0.3, -0.25) is 0 Å². The topological polar surface area (TPSA) is 3.24 Å². The molecule has 48 heavy (non-hydrogen) atoms. The molecule has 0 spiro atoms. The molecule has 0 aliphatic carbocycles. The van der Waals surface area contributed by atoms with Crippen LogP contribution in [0.25, 0.3) is 55.3 Å². The second-order valence-corrected chi connectivity index (χ2v) is 12.2. The zero-order valence-corrected chi connectivity index (χ0v) is 26.9. The van der Waals surface area contributed by atoms with Gasteiger partial charge in [-0.1, -0.05) is 158 Å². The van der Waals surface area contributed by atoms with Crippen LogP contribution in [0.5, 0.6) is 0 Å². The van der Waals surface area contributed by atoms with Crippen molar-refractivity contribution in [1.29, 1.82) is 0 Å². The summed E-state index contributed by atoms with van der Waals surface area (Å²) in [5, 5.41) is 2.58. The Kier molecular flexibility index (Phi) is 7.86. The lowest BCUT2D eigenvalue weighted by atomic mass is 9.96. The van der Waals surface area contributed by atoms with Crippen molar-refractivity contribution >= 4 is 27.8 Å². The molecular formula is C47H35N. The number of nitrogens with zero attached hydrogens (tertiary/aromatic N) is 1. The van der Waals surface area contributed by atoms with Crippen LogP contribution < -0.4 is 4.90 Å². The average Bonchev–Trinajstić information content (AvgIpc) is 3.16. The van der Waals surface area contributed by atoms with E-state index in [0.29, 0.717) is 0 Å². The minimum absolute atomic E-state index is 1.10. The Hall–Kier alpha value is -6.18. The van der Waals surface area contributed by atoms with E-state index in [2.05, 4.69) is 206 Å². The first kappa shape index (κ1) is 29.2. The molecular weight excluding hydrogens is 579 g/mol. The molecule has 0 fully saturated rings. The van der Waals surface area contributed by atoms with Gasteiger partial charge in [-0.25, -0.2) is 0 Å². The summed E-state index contributed by atoms with van der Waals surface area (Å²) in [6.45, 7) is 2.17. The van der Waals surface area contributed by atoms with E-state index in [1.54, 1.807) is 0 Å². The predicted molar refractivity (Wildman–Crippen MR) is 205 cm³/mol. The van der Waals surface area contributed by atoms with E-state index in [9.17, 15) is 0 Å². The van der Waals surface area contributed by atoms with Crippen LogP contribution in [-0.4, -0.2) is 0 Å². The monoisotopic (exact) mass is 613 g/mol. The molecule has 0 aromatic heterocycles. The van der Waals surface area contributed by atoms with Crippen molar-refractivity contribution in [3.05, 3.63) is 200 Å². The van der Waals surface area contributed by atoms with Crippen molar-refractivity contribution in [1.82, 2.24) is 0 Å². The molecule has 228 valence electrons. The number of fused-ring (bicyclic) bond motifs is 1. The number of rotatable bonds is 7. The van der Waals surface area contributed by atoms with Gasteiger partial charge in [-0.05, 0) is 93.0 Å². The lowest BCUT2D eigenvalue weighted by Crippen LogP contribution is -2.12. The second kappa shape index (κ2) is 12.9. The standard InChI is InChI=1S/C47H35N/c1-34-14-12-21-41-33-40(28-31-43(34)41)39-20-13-19-38(32-39)35-26-29-42(30-27-35)48(46-24-10-8-22-44(46)36-15-4-2-5-16-36)47-25-11-9-23-45(47)37-17-6-3-7-18-37/h2-33H,1H3. The van der Waals surface area contributed by atoms with Gasteiger partial charge in [0.2, 0.25) is 0 Å². The molecule has 0 unspecified atom stereocenters. The van der Waals surface area contributed by atoms with Crippen LogP contribution in [0.4, 0.5) is 17.1 Å². The third-order valence-electron chi connectivity index (χ3n) is 9.21. The summed E-state index contributed by atoms with van der Waals surface area (Å²) >= 11 is 0. The summed E-state index contributed by atoms with van der Waals surface area (Å²) < 4.78 is 0. The predicted octanol–water partition coefficient (Wildman–Crippen LogP) is 13.3. The molecule has 0 atom stereocenters. The fraction of sp³-hybridized carbons (Fsp3) is 0.0213. The highest BCUT2D eigenvalue weighted by atomic mass is 15.1. The van der Waals surface area contributed by atoms with Crippen molar-refractivity contribution < 1.29 is 0 Å². The molecule has 8 aromatic carbocycles. The smallest absolute Gasteiger partial charge is 0.0540 e. The summed E-state index contributed by atoms with van der Waals surface area (Å²) in [5.74, 6) is 0. The SMILES string of the molecule is Cc1cccc2cc(-c3cccc(-c4ccc(N(c5ccccc5-c5ccccc5)c5ccccc5-c5ccccc5)cc4)c3)ccc12. The van der Waals surface area contributed by atoms with Crippen molar-refractivity contribution in [2.45, 2.75) is 6.92 Å². The normalized spacial score (nSPS) is 11.0. The lowest BCUT2D eigenvalue weighted by Gasteiger charge is -2.30. The van der Waals surface area contributed by atoms with Gasteiger partial charge in [0.1, 0.15) is 0 Å². The van der Waals surface area contributed by atoms with Gasteiger partial charge in [0.25, 0.3) is 0 Å². The van der Waals surface area contributed by atoms with Crippen LogP contribution in [0, 0.1) is 6.92 Å². The highest BCUT2D eigenvalue weighted by Crippen LogP contribution is 2.45. The molecule has 0 aliphatic heterocycles. The van der Waals surface area contributed by atoms with Gasteiger partial charge in [0.15, 0.2) is 0 Å². The molecule has 1 heteroatoms. The highest BCUT2D eigenvalue weighted by Gasteiger charge is 2.20. The minimum Gasteiger partial charge on any atom is -0.309 e. The quantitative estimate of drug-likeness (QED) is 0.173. The van der Waals surface area contributed by atoms with E-state index in [1.807, 2.05) is 0 Å². The molecule has 0 amide bonds. The fourth-order valence-electron chi connectivity index (χ4n) is 6.78. The van der Waals surface area contributed by atoms with E-state index in [0.717, 1.165) is 17.1 Å². The van der Waals surface area contributed by atoms with E-state index >= 15 is 0 Å². The Morgan fingerprint density at radius 1 is 0.333 bits per heavy atom. The van der Waals surface area contributed by atoms with Crippen LogP contribution in [0.15, 0.2) is 194 Å². The first-order chi connectivity index (χ1) is 23.7. The van der Waals surface area contributed by atoms with E-state index < -0.39 is 0 Å². The molecule has 0 radical (unpaired) electrons. The maximum Gasteiger partial charge on any atom is 0.0540 e. The molecule has 8 aromatic rings. The molecule has 0 aliphatic rings. The van der Waals surface area contributed by atoms with Gasteiger partial charge < -0.3 is 4.90 Å². The lowest BCUT2D eigenvalue weighted by molar-refractivity contribution is 1.28. The van der Waals surface area contributed by atoms with E-state index in [4.69, 9.17) is 0 Å². The van der Waals surface area contributed by atoms with Crippen molar-refractivity contribution in [3.63, 3.8) is 0 Å². The largest absolute Gasteiger partial charge is 0.309 e. The Morgan fingerprint density at radius 2 is 0.812 bits per heavy atom. The van der Waals surface area contributed by atoms with Crippen LogP contribution in [-0.2, 0) is 0 Å². The summed E-state index contributed by atoms with van der Waals surface area (Å²) in [5.41, 5.74) is 14.2. The molecule has 8 rings (SSSR count). The summed E-state index contributed by atoms with van der Waals surface area (Å²) in [4.78, 5) is 2.40. The summed E-state index contributed by atoms with van der Waals surface area (Å²) in [6, 6.07) is 69.9. The minimum atomic E-state index is 1.10. The van der Waals surface area contributed by atoms with Gasteiger partial charge in [-0.2, -0.15) is 0 Å². The number of para-hydroxylation sites is 2. The van der Waals surface area contributed by atoms with E-state index in [-0.39, 0.29) is 0 Å². The zero-order valence-electron chi connectivity index (χ0n) is 26.9. The second-order valence-electron chi connectivity index (χ2n) is 12.2. The van der Waals surface area contributed by atoms with Crippen molar-refractivity contribution in [2.24, 2.45) is 0 Å². The number of benzene rings is 8. The van der Waals surface area contributed by atoms with Crippen LogP contribution in [0.3, 0.4) is 0 Å². The van der Waals surface area contributed by atoms with Crippen molar-refractivity contribution in [2.75, 3.05) is 4.90 Å². The van der Waals surface area contributed by atoms with Crippen LogP contribution >= 0.6 is 0 Å². The average molecular weight is 614 g/mol. The van der Waals surface area contributed by atoms with Crippen LogP contribution in [0.2, 0.25) is 0 Å². The van der Waals surface area contributed by atoms with E-state index in [1.165, 1.54) is 60.8 Å². The molecule has 0 heterocycles. The Morgan fingerprint density at radius 3 is 1.44 bits per heavy atom. The highest BCUT2D eigenvalue weighted by molar-refractivity contribution is 5.94. The van der Waals surface area contributed by atoms with Gasteiger partial charge in [0, 0.05) is 16.8 Å². The number of anilines is 3. The Balaban J connectivity index is 1.23. The van der Waals surface area contributed by atoms with Gasteiger partial charge in [0.05, 0.1) is 11.4 Å². The first-order valence-electron chi connectivity index (χ1n) is 16.5. The van der Waals surface area contributed by atoms with Gasteiger partial charge >= 0.3 is 0 Å². The molecule has 0 saturated heterocycles. The third kappa shape index (κ3) is 5.68. The maximum absolute atomic E-state index is 2.40. The Bertz CT molecular complexity index is 2250. The summed E-state index contributed by atoms with van der Waals surface area (Å²) in [7, 11) is 0. The number of aryl methyl sites for hydroxylation is 1. The Labute approximate surface area is 283 Å². The van der Waals surface area contributed by atoms with Crippen molar-refractivity contribution in [3.8, 4) is 44.5 Å². The fourth-order valence-corrected chi connectivity index (χ4v) is 6.78. The maximum atomic E-state index is 2.40. The van der Waals surface area contributed by atoms with Crippen LogP contribution in [0.1, 0.15) is 5.56 Å². The molecule has 0 bridgehead atoms. The summed E-state index contributed by atoms with van der Waals surface area (Å²) in [6.07, 6.45) is 0. The van der Waals surface area contributed by atoms with Gasteiger partial charge in [-0.15, -0.1) is 0 Å². The third-order valence-corrected chi connectivity index (χ3v) is 9.21. The first-order valence-corrected chi connectivity index (χ1v) is 16.5. The zero-order chi connectivity index (χ0) is 32.3. The molecule has 1 nitrogen and oxygen atoms in total.